The first-order chi connectivity index (χ1) is 7.34. The third-order valence-corrected chi connectivity index (χ3v) is 1.80. The van der Waals surface area contributed by atoms with Crippen molar-refractivity contribution in [1.29, 1.82) is 0 Å². The first-order valence-corrected chi connectivity index (χ1v) is 4.39. The molecule has 1 N–H and O–H groups in total. The maximum atomic E-state index is 11.9. The second-order valence-corrected chi connectivity index (χ2v) is 2.98. The van der Waals surface area contributed by atoms with Crippen molar-refractivity contribution in [3.05, 3.63) is 24.0 Å². The van der Waals surface area contributed by atoms with Crippen molar-refractivity contribution < 1.29 is 23.1 Å². The van der Waals surface area contributed by atoms with Gasteiger partial charge in [-0.3, -0.25) is 9.48 Å². The number of aliphatic hydroxyl groups is 1. The highest BCUT2D eigenvalue weighted by atomic mass is 19.4. The fourth-order valence-electron chi connectivity index (χ4n) is 0.958. The summed E-state index contributed by atoms with van der Waals surface area (Å²) in [7, 11) is 0. The molecule has 88 valence electrons. The Morgan fingerprint density at radius 3 is 2.69 bits per heavy atom. The van der Waals surface area contributed by atoms with Gasteiger partial charge in [-0.05, 0) is 6.92 Å². The van der Waals surface area contributed by atoms with Crippen LogP contribution < -0.4 is 0 Å². The molecular formula is C9H9F3N2O2. The Kier molecular flexibility index (Phi) is 3.36. The molecule has 1 rings (SSSR count). The zero-order valence-corrected chi connectivity index (χ0v) is 8.32. The number of nitrogens with zero attached hydrogens (tertiary/aromatic N) is 2. The maximum absolute atomic E-state index is 11.9. The fourth-order valence-corrected chi connectivity index (χ4v) is 0.958. The van der Waals surface area contributed by atoms with Gasteiger partial charge in [-0.15, -0.1) is 0 Å². The fraction of sp³-hybridized carbons (Fsp3) is 0.333. The van der Waals surface area contributed by atoms with E-state index in [-0.39, 0.29) is 11.6 Å². The van der Waals surface area contributed by atoms with Gasteiger partial charge in [-0.25, -0.2) is 0 Å². The minimum absolute atomic E-state index is 0.0689. The van der Waals surface area contributed by atoms with Crippen LogP contribution in [0.4, 0.5) is 13.2 Å². The molecule has 0 aliphatic heterocycles. The predicted molar refractivity (Wildman–Crippen MR) is 49.6 cm³/mol. The van der Waals surface area contributed by atoms with Crippen LogP contribution in [0.15, 0.2) is 18.5 Å². The van der Waals surface area contributed by atoms with E-state index < -0.39 is 17.7 Å². The molecule has 1 heterocycles. The monoisotopic (exact) mass is 234 g/mol. The van der Waals surface area contributed by atoms with E-state index in [9.17, 15) is 23.1 Å². The molecule has 0 amide bonds. The Morgan fingerprint density at radius 1 is 1.62 bits per heavy atom. The van der Waals surface area contributed by atoms with Crippen molar-refractivity contribution in [3.8, 4) is 0 Å². The number of carbonyl (C=O) groups excluding carboxylic acids is 1. The smallest absolute Gasteiger partial charge is 0.454 e. The van der Waals surface area contributed by atoms with E-state index in [1.165, 1.54) is 17.1 Å². The lowest BCUT2D eigenvalue weighted by Gasteiger charge is -2.00. The minimum Gasteiger partial charge on any atom is -0.507 e. The number of ketones is 1. The van der Waals surface area contributed by atoms with Gasteiger partial charge in [-0.2, -0.15) is 18.3 Å². The van der Waals surface area contributed by atoms with Crippen LogP contribution in [-0.4, -0.2) is 26.8 Å². The van der Waals surface area contributed by atoms with Gasteiger partial charge in [0, 0.05) is 18.8 Å². The zero-order chi connectivity index (χ0) is 12.3. The first kappa shape index (κ1) is 12.3. The second kappa shape index (κ2) is 4.38. The van der Waals surface area contributed by atoms with Crippen molar-refractivity contribution in [3.63, 3.8) is 0 Å². The number of carbonyl (C=O) groups is 1. The van der Waals surface area contributed by atoms with Crippen molar-refractivity contribution in [2.75, 3.05) is 0 Å². The Morgan fingerprint density at radius 2 is 2.25 bits per heavy atom. The third-order valence-electron chi connectivity index (χ3n) is 1.80. The first-order valence-electron chi connectivity index (χ1n) is 4.39. The Bertz CT molecular complexity index is 421. The van der Waals surface area contributed by atoms with Gasteiger partial charge >= 0.3 is 6.18 Å². The van der Waals surface area contributed by atoms with Crippen molar-refractivity contribution in [2.45, 2.75) is 19.6 Å². The lowest BCUT2D eigenvalue weighted by atomic mass is 10.2. The molecule has 4 nitrogen and oxygen atoms in total. The standard InChI is InChI=1S/C9H9F3N2O2/c1-2-14-5-6(4-13-14)7(15)3-8(16)9(10,11)12/h3-5,15H,2H2,1H3. The van der Waals surface area contributed by atoms with Crippen LogP contribution in [0.5, 0.6) is 0 Å². The minimum atomic E-state index is -4.98. The SMILES string of the molecule is CCn1cc(C(O)=CC(=O)C(F)(F)F)cn1. The summed E-state index contributed by atoms with van der Waals surface area (Å²) in [6, 6.07) is 0. The van der Waals surface area contributed by atoms with E-state index in [1.807, 2.05) is 0 Å². The van der Waals surface area contributed by atoms with Crippen molar-refractivity contribution >= 4 is 11.5 Å². The number of alkyl halides is 3. The Hall–Kier alpha value is -1.79. The molecule has 0 radical (unpaired) electrons. The van der Waals surface area contributed by atoms with E-state index in [0.29, 0.717) is 6.54 Å². The average molecular weight is 234 g/mol. The lowest BCUT2D eigenvalue weighted by Crippen LogP contribution is -2.20. The van der Waals surface area contributed by atoms with Crippen LogP contribution in [0.25, 0.3) is 5.76 Å². The van der Waals surface area contributed by atoms with Crippen molar-refractivity contribution in [1.82, 2.24) is 9.78 Å². The highest BCUT2D eigenvalue weighted by molar-refractivity contribution is 5.99. The number of aromatic nitrogens is 2. The van der Waals surface area contributed by atoms with Gasteiger partial charge < -0.3 is 5.11 Å². The lowest BCUT2D eigenvalue weighted by molar-refractivity contribution is -0.165. The zero-order valence-electron chi connectivity index (χ0n) is 8.32. The molecule has 0 atom stereocenters. The molecule has 1 aromatic heterocycles. The summed E-state index contributed by atoms with van der Waals surface area (Å²) in [4.78, 5) is 10.5. The summed E-state index contributed by atoms with van der Waals surface area (Å²) in [6.07, 6.45) is -2.32. The largest absolute Gasteiger partial charge is 0.507 e. The molecule has 0 aliphatic carbocycles. The number of hydrogen-bond donors (Lipinski definition) is 1. The third kappa shape index (κ3) is 2.85. The van der Waals surface area contributed by atoms with Crippen LogP contribution >= 0.6 is 0 Å². The van der Waals surface area contributed by atoms with Gasteiger partial charge in [0.1, 0.15) is 5.76 Å². The molecule has 1 aromatic rings. The quantitative estimate of drug-likeness (QED) is 0.642. The molecular weight excluding hydrogens is 225 g/mol. The van der Waals surface area contributed by atoms with Crippen LogP contribution in [-0.2, 0) is 11.3 Å². The molecule has 0 aromatic carbocycles. The number of hydrogen-bond acceptors (Lipinski definition) is 3. The number of allylic oxidation sites excluding steroid dienone is 1. The number of aliphatic hydroxyl groups excluding tert-OH is 1. The molecule has 0 aliphatic rings. The van der Waals surface area contributed by atoms with E-state index in [0.717, 1.165) is 0 Å². The molecule has 0 bridgehead atoms. The second-order valence-electron chi connectivity index (χ2n) is 2.98. The molecule has 0 fully saturated rings. The van der Waals surface area contributed by atoms with Gasteiger partial charge in [0.05, 0.1) is 11.8 Å². The van der Waals surface area contributed by atoms with E-state index >= 15 is 0 Å². The number of halogens is 3. The highest BCUT2D eigenvalue weighted by Crippen LogP contribution is 2.19. The van der Waals surface area contributed by atoms with Crippen LogP contribution in [0.2, 0.25) is 0 Å². The number of aryl methyl sites for hydroxylation is 1. The molecule has 0 saturated carbocycles. The Balaban J connectivity index is 2.89. The van der Waals surface area contributed by atoms with Crippen molar-refractivity contribution in [2.24, 2.45) is 0 Å². The van der Waals surface area contributed by atoms with Gasteiger partial charge in [0.25, 0.3) is 5.78 Å². The van der Waals surface area contributed by atoms with E-state index in [1.54, 1.807) is 6.92 Å². The van der Waals surface area contributed by atoms with Gasteiger partial charge in [-0.1, -0.05) is 0 Å². The summed E-state index contributed by atoms with van der Waals surface area (Å²) in [5.74, 6) is -2.85. The summed E-state index contributed by atoms with van der Waals surface area (Å²) < 4.78 is 37.0. The molecule has 7 heteroatoms. The topological polar surface area (TPSA) is 55.1 Å². The van der Waals surface area contributed by atoms with E-state index in [2.05, 4.69) is 5.10 Å². The molecule has 16 heavy (non-hydrogen) atoms. The normalized spacial score (nSPS) is 12.9. The average Bonchev–Trinajstić information content (AvgIpc) is 2.64. The molecule has 0 spiro atoms. The Labute approximate surface area is 89.0 Å². The summed E-state index contributed by atoms with van der Waals surface area (Å²) in [5, 5.41) is 13.0. The highest BCUT2D eigenvalue weighted by Gasteiger charge is 2.37. The van der Waals surface area contributed by atoms with Gasteiger partial charge in [0.2, 0.25) is 0 Å². The maximum Gasteiger partial charge on any atom is 0.454 e. The molecule has 0 saturated heterocycles. The van der Waals surface area contributed by atoms with E-state index in [4.69, 9.17) is 0 Å². The summed E-state index contributed by atoms with van der Waals surface area (Å²) in [5.41, 5.74) is 0.0689. The van der Waals surface area contributed by atoms with Crippen LogP contribution in [0.1, 0.15) is 12.5 Å². The summed E-state index contributed by atoms with van der Waals surface area (Å²) in [6.45, 7) is 2.29. The van der Waals surface area contributed by atoms with Crippen LogP contribution in [0.3, 0.4) is 0 Å². The molecule has 0 unspecified atom stereocenters. The predicted octanol–water partition coefficient (Wildman–Crippen LogP) is 1.93. The van der Waals surface area contributed by atoms with Gasteiger partial charge in [0.15, 0.2) is 0 Å². The van der Waals surface area contributed by atoms with Crippen LogP contribution in [0, 0.1) is 0 Å². The number of rotatable bonds is 3. The summed E-state index contributed by atoms with van der Waals surface area (Å²) >= 11 is 0.